The van der Waals surface area contributed by atoms with Gasteiger partial charge in [-0.1, -0.05) is 6.92 Å². The van der Waals surface area contributed by atoms with E-state index < -0.39 is 0 Å². The Morgan fingerprint density at radius 3 is 2.84 bits per heavy atom. The van der Waals surface area contributed by atoms with Crippen molar-refractivity contribution in [3.8, 4) is 17.0 Å². The first-order valence-corrected chi connectivity index (χ1v) is 8.98. The predicted molar refractivity (Wildman–Crippen MR) is 97.9 cm³/mol. The van der Waals surface area contributed by atoms with Crippen molar-refractivity contribution in [1.29, 1.82) is 0 Å². The Hall–Kier alpha value is -2.67. The molecule has 6 nitrogen and oxygen atoms in total. The minimum atomic E-state index is -0.166. The van der Waals surface area contributed by atoms with Crippen LogP contribution in [0, 0.1) is 0 Å². The molecule has 0 fully saturated rings. The van der Waals surface area contributed by atoms with Gasteiger partial charge in [0.25, 0.3) is 5.91 Å². The summed E-state index contributed by atoms with van der Waals surface area (Å²) < 4.78 is 5.18. The van der Waals surface area contributed by atoms with Gasteiger partial charge in [-0.15, -0.1) is 11.3 Å². The Labute approximate surface area is 150 Å². The van der Waals surface area contributed by atoms with E-state index in [1.165, 1.54) is 11.3 Å². The van der Waals surface area contributed by atoms with Crippen molar-refractivity contribution < 1.29 is 9.53 Å². The second-order valence-corrected chi connectivity index (χ2v) is 6.50. The fraction of sp³-hybridized carbons (Fsp3) is 0.278. The summed E-state index contributed by atoms with van der Waals surface area (Å²) >= 11 is 1.53. The average Bonchev–Trinajstić information content (AvgIpc) is 3.29. The number of aryl methyl sites for hydroxylation is 1. The smallest absolute Gasteiger partial charge is 0.271 e. The third kappa shape index (κ3) is 4.06. The van der Waals surface area contributed by atoms with E-state index in [-0.39, 0.29) is 5.91 Å². The van der Waals surface area contributed by atoms with Crippen LogP contribution in [-0.4, -0.2) is 28.2 Å². The highest BCUT2D eigenvalue weighted by atomic mass is 32.1. The summed E-state index contributed by atoms with van der Waals surface area (Å²) in [6.07, 6.45) is 3.65. The molecule has 130 valence electrons. The van der Waals surface area contributed by atoms with Gasteiger partial charge >= 0.3 is 0 Å². The Morgan fingerprint density at radius 2 is 2.12 bits per heavy atom. The van der Waals surface area contributed by atoms with Crippen LogP contribution in [0.2, 0.25) is 0 Å². The van der Waals surface area contributed by atoms with Crippen LogP contribution in [0.25, 0.3) is 11.3 Å². The van der Waals surface area contributed by atoms with Gasteiger partial charge in [-0.25, -0.2) is 4.98 Å². The van der Waals surface area contributed by atoms with E-state index in [1.807, 2.05) is 24.3 Å². The zero-order chi connectivity index (χ0) is 17.6. The Kier molecular flexibility index (Phi) is 5.45. The number of rotatable bonds is 7. The number of methoxy groups -OCH3 is 1. The van der Waals surface area contributed by atoms with Gasteiger partial charge < -0.3 is 10.1 Å². The van der Waals surface area contributed by atoms with Crippen LogP contribution in [-0.2, 0) is 13.0 Å². The standard InChI is InChI=1S/C18H20N4O2S/c1-3-4-16-21-15(11-25-16)18(23)19-9-13-10-20-22-17(13)12-5-7-14(24-2)8-6-12/h5-8,10-11H,3-4,9H2,1-2H3,(H,19,23)(H,20,22). The van der Waals surface area contributed by atoms with Crippen molar-refractivity contribution in [3.63, 3.8) is 0 Å². The van der Waals surface area contributed by atoms with Crippen molar-refractivity contribution in [3.05, 3.63) is 52.1 Å². The van der Waals surface area contributed by atoms with Gasteiger partial charge in [-0.3, -0.25) is 9.89 Å². The van der Waals surface area contributed by atoms with Crippen molar-refractivity contribution in [2.45, 2.75) is 26.3 Å². The average molecular weight is 356 g/mol. The zero-order valence-electron chi connectivity index (χ0n) is 14.2. The van der Waals surface area contributed by atoms with E-state index in [9.17, 15) is 4.79 Å². The van der Waals surface area contributed by atoms with Crippen LogP contribution in [0.3, 0.4) is 0 Å². The summed E-state index contributed by atoms with van der Waals surface area (Å²) in [4.78, 5) is 16.6. The molecule has 3 aromatic rings. The third-order valence-electron chi connectivity index (χ3n) is 3.78. The van der Waals surface area contributed by atoms with Crippen LogP contribution >= 0.6 is 11.3 Å². The number of carbonyl (C=O) groups is 1. The molecule has 0 saturated heterocycles. The highest BCUT2D eigenvalue weighted by Crippen LogP contribution is 2.23. The minimum Gasteiger partial charge on any atom is -0.497 e. The molecule has 0 radical (unpaired) electrons. The fourth-order valence-corrected chi connectivity index (χ4v) is 3.34. The highest BCUT2D eigenvalue weighted by molar-refractivity contribution is 7.09. The van der Waals surface area contributed by atoms with Gasteiger partial charge in [0.05, 0.1) is 24.0 Å². The van der Waals surface area contributed by atoms with Crippen LogP contribution in [0.4, 0.5) is 0 Å². The summed E-state index contributed by atoms with van der Waals surface area (Å²) in [6, 6.07) is 7.69. The van der Waals surface area contributed by atoms with E-state index in [0.717, 1.165) is 40.4 Å². The molecule has 0 aliphatic heterocycles. The second-order valence-electron chi connectivity index (χ2n) is 5.56. The SMILES string of the molecule is CCCc1nc(C(=O)NCc2cn[nH]c2-c2ccc(OC)cc2)cs1. The Bertz CT molecular complexity index is 839. The third-order valence-corrected chi connectivity index (χ3v) is 4.69. The van der Waals surface area contributed by atoms with E-state index in [1.54, 1.807) is 18.7 Å². The number of aromatic nitrogens is 3. The molecular formula is C18H20N4O2S. The molecule has 0 aliphatic carbocycles. The first kappa shape index (κ1) is 17.2. The molecule has 3 rings (SSSR count). The number of nitrogens with zero attached hydrogens (tertiary/aromatic N) is 2. The topological polar surface area (TPSA) is 79.9 Å². The lowest BCUT2D eigenvalue weighted by atomic mass is 10.1. The van der Waals surface area contributed by atoms with Gasteiger partial charge in [-0.2, -0.15) is 5.10 Å². The number of carbonyl (C=O) groups excluding carboxylic acids is 1. The summed E-state index contributed by atoms with van der Waals surface area (Å²) in [6.45, 7) is 2.48. The van der Waals surface area contributed by atoms with Crippen LogP contribution in [0.5, 0.6) is 5.75 Å². The monoisotopic (exact) mass is 356 g/mol. The largest absolute Gasteiger partial charge is 0.497 e. The molecule has 2 aromatic heterocycles. The number of hydrogen-bond acceptors (Lipinski definition) is 5. The fourth-order valence-electron chi connectivity index (χ4n) is 2.46. The summed E-state index contributed by atoms with van der Waals surface area (Å²) in [5.74, 6) is 0.630. The molecule has 0 unspecified atom stereocenters. The van der Waals surface area contributed by atoms with Crippen LogP contribution in [0.15, 0.2) is 35.8 Å². The van der Waals surface area contributed by atoms with E-state index in [0.29, 0.717) is 12.2 Å². The minimum absolute atomic E-state index is 0.166. The molecule has 0 bridgehead atoms. The van der Waals surface area contributed by atoms with Crippen molar-refractivity contribution >= 4 is 17.2 Å². The van der Waals surface area contributed by atoms with Gasteiger partial charge in [0, 0.05) is 23.1 Å². The number of thiazole rings is 1. The molecule has 2 N–H and O–H groups in total. The van der Waals surface area contributed by atoms with Gasteiger partial charge in [0.15, 0.2) is 0 Å². The van der Waals surface area contributed by atoms with E-state index >= 15 is 0 Å². The number of H-pyrrole nitrogens is 1. The molecule has 0 aliphatic rings. The molecule has 0 saturated carbocycles. The van der Waals surface area contributed by atoms with Crippen LogP contribution in [0.1, 0.15) is 34.4 Å². The molecule has 1 aromatic carbocycles. The van der Waals surface area contributed by atoms with Crippen molar-refractivity contribution in [1.82, 2.24) is 20.5 Å². The lowest BCUT2D eigenvalue weighted by Gasteiger charge is -2.06. The van der Waals surface area contributed by atoms with Gasteiger partial charge in [0.1, 0.15) is 11.4 Å². The maximum absolute atomic E-state index is 12.3. The first-order chi connectivity index (χ1) is 12.2. The van der Waals surface area contributed by atoms with Crippen molar-refractivity contribution in [2.75, 3.05) is 7.11 Å². The number of hydrogen-bond donors (Lipinski definition) is 2. The molecule has 0 atom stereocenters. The molecular weight excluding hydrogens is 336 g/mol. The zero-order valence-corrected chi connectivity index (χ0v) is 15.0. The predicted octanol–water partition coefficient (Wildman–Crippen LogP) is 3.42. The first-order valence-electron chi connectivity index (χ1n) is 8.10. The number of nitrogens with one attached hydrogen (secondary N) is 2. The number of amides is 1. The lowest BCUT2D eigenvalue weighted by molar-refractivity contribution is 0.0946. The number of benzene rings is 1. The van der Waals surface area contributed by atoms with Crippen molar-refractivity contribution in [2.24, 2.45) is 0 Å². The molecule has 0 spiro atoms. The number of aromatic amines is 1. The summed E-state index contributed by atoms with van der Waals surface area (Å²) in [7, 11) is 1.64. The second kappa shape index (κ2) is 7.94. The van der Waals surface area contributed by atoms with Gasteiger partial charge in [0.2, 0.25) is 0 Å². The molecule has 7 heteroatoms. The lowest BCUT2D eigenvalue weighted by Crippen LogP contribution is -2.23. The maximum atomic E-state index is 12.3. The normalized spacial score (nSPS) is 10.6. The quantitative estimate of drug-likeness (QED) is 0.680. The van der Waals surface area contributed by atoms with E-state index in [2.05, 4.69) is 27.4 Å². The van der Waals surface area contributed by atoms with Gasteiger partial charge in [-0.05, 0) is 37.1 Å². The molecule has 1 amide bonds. The Balaban J connectivity index is 1.67. The van der Waals surface area contributed by atoms with Crippen LogP contribution < -0.4 is 10.1 Å². The molecule has 2 heterocycles. The molecule has 25 heavy (non-hydrogen) atoms. The number of ether oxygens (including phenoxy) is 1. The highest BCUT2D eigenvalue weighted by Gasteiger charge is 2.13. The maximum Gasteiger partial charge on any atom is 0.271 e. The van der Waals surface area contributed by atoms with E-state index in [4.69, 9.17) is 4.74 Å². The summed E-state index contributed by atoms with van der Waals surface area (Å²) in [5, 5.41) is 12.8. The summed E-state index contributed by atoms with van der Waals surface area (Å²) in [5.41, 5.74) is 3.26. The Morgan fingerprint density at radius 1 is 1.32 bits per heavy atom.